The van der Waals surface area contributed by atoms with E-state index in [0.29, 0.717) is 22.6 Å². The van der Waals surface area contributed by atoms with E-state index in [-0.39, 0.29) is 27.4 Å². The second-order valence-corrected chi connectivity index (χ2v) is 10.1. The molecule has 0 saturated heterocycles. The highest BCUT2D eigenvalue weighted by molar-refractivity contribution is 7.92. The Bertz CT molecular complexity index is 1520. The summed E-state index contributed by atoms with van der Waals surface area (Å²) in [6.07, 6.45) is 3.05. The fourth-order valence-corrected chi connectivity index (χ4v) is 5.14. The molecule has 0 bridgehead atoms. The number of anilines is 1. The third-order valence-electron chi connectivity index (χ3n) is 5.09. The molecular weight excluding hydrogens is 507 g/mol. The van der Waals surface area contributed by atoms with Gasteiger partial charge in [0, 0.05) is 28.4 Å². The zero-order chi connectivity index (χ0) is 24.6. The Morgan fingerprint density at radius 3 is 2.50 bits per heavy atom. The second kappa shape index (κ2) is 9.32. The van der Waals surface area contributed by atoms with Gasteiger partial charge in [-0.25, -0.2) is 22.2 Å². The lowest BCUT2D eigenvalue weighted by Gasteiger charge is -2.12. The Kier molecular flexibility index (Phi) is 6.62. The van der Waals surface area contributed by atoms with E-state index in [1.807, 2.05) is 0 Å². The number of H-pyrrole nitrogens is 1. The lowest BCUT2D eigenvalue weighted by Crippen LogP contribution is -2.18. The summed E-state index contributed by atoms with van der Waals surface area (Å²) < 4.78 is 56.0. The lowest BCUT2D eigenvalue weighted by molar-refractivity contribution is 0.103. The highest BCUT2D eigenvalue weighted by Gasteiger charge is 2.27. The molecule has 0 aliphatic heterocycles. The normalized spacial score (nSPS) is 11.7. The molecule has 2 heterocycles. The van der Waals surface area contributed by atoms with E-state index in [9.17, 15) is 17.6 Å². The van der Waals surface area contributed by atoms with Gasteiger partial charge in [-0.2, -0.15) is 0 Å². The number of ketones is 1. The van der Waals surface area contributed by atoms with Crippen molar-refractivity contribution in [3.8, 4) is 11.1 Å². The van der Waals surface area contributed by atoms with Crippen LogP contribution in [0.2, 0.25) is 10.0 Å². The molecule has 2 aromatic carbocycles. The van der Waals surface area contributed by atoms with Crippen LogP contribution in [0.1, 0.15) is 29.3 Å². The van der Waals surface area contributed by atoms with Crippen molar-refractivity contribution in [3.05, 3.63) is 81.6 Å². The number of rotatable bonds is 7. The number of fused-ring (bicyclic) bond motifs is 1. The number of nitrogens with one attached hydrogen (secondary N) is 2. The zero-order valence-electron chi connectivity index (χ0n) is 17.6. The van der Waals surface area contributed by atoms with E-state index in [4.69, 9.17) is 23.2 Å². The van der Waals surface area contributed by atoms with E-state index in [1.165, 1.54) is 12.4 Å². The molecule has 2 N–H and O–H groups in total. The van der Waals surface area contributed by atoms with Crippen LogP contribution in [0.4, 0.5) is 14.5 Å². The number of benzene rings is 2. The molecule has 4 aromatic rings. The molecule has 11 heteroatoms. The van der Waals surface area contributed by atoms with Gasteiger partial charge < -0.3 is 4.98 Å². The zero-order valence-corrected chi connectivity index (χ0v) is 20.0. The van der Waals surface area contributed by atoms with E-state index in [1.54, 1.807) is 31.2 Å². The van der Waals surface area contributed by atoms with Crippen LogP contribution in [0.3, 0.4) is 0 Å². The molecule has 0 radical (unpaired) electrons. The van der Waals surface area contributed by atoms with Crippen LogP contribution in [-0.2, 0) is 10.0 Å². The van der Waals surface area contributed by atoms with Crippen LogP contribution in [0.25, 0.3) is 22.2 Å². The minimum absolute atomic E-state index is 0.116. The summed E-state index contributed by atoms with van der Waals surface area (Å²) in [5, 5.41) is 0.847. The monoisotopic (exact) mass is 523 g/mol. The Morgan fingerprint density at radius 1 is 1.12 bits per heavy atom. The molecule has 176 valence electrons. The minimum Gasteiger partial charge on any atom is -0.345 e. The van der Waals surface area contributed by atoms with E-state index >= 15 is 4.39 Å². The Balaban J connectivity index is 1.83. The van der Waals surface area contributed by atoms with Gasteiger partial charge >= 0.3 is 0 Å². The smallest absolute Gasteiger partial charge is 0.232 e. The molecule has 6 nitrogen and oxygen atoms in total. The van der Waals surface area contributed by atoms with Gasteiger partial charge in [-0.05, 0) is 36.2 Å². The minimum atomic E-state index is -3.87. The van der Waals surface area contributed by atoms with Crippen LogP contribution < -0.4 is 4.72 Å². The highest BCUT2D eigenvalue weighted by atomic mass is 35.5. The second-order valence-electron chi connectivity index (χ2n) is 7.45. The fraction of sp³-hybridized carbons (Fsp3) is 0.130. The first kappa shape index (κ1) is 24.1. The molecule has 0 aliphatic rings. The number of pyridine rings is 1. The summed E-state index contributed by atoms with van der Waals surface area (Å²) in [5.74, 6) is -3.75. The summed E-state index contributed by atoms with van der Waals surface area (Å²) in [4.78, 5) is 20.3. The third kappa shape index (κ3) is 4.51. The Hall–Kier alpha value is -3.01. The quantitative estimate of drug-likeness (QED) is 0.282. The highest BCUT2D eigenvalue weighted by Crippen LogP contribution is 2.36. The third-order valence-corrected chi connectivity index (χ3v) is 7.22. The van der Waals surface area contributed by atoms with Crippen molar-refractivity contribution < 1.29 is 22.0 Å². The molecule has 0 unspecified atom stereocenters. The average molecular weight is 524 g/mol. The number of halogens is 4. The summed E-state index contributed by atoms with van der Waals surface area (Å²) in [5.41, 5.74) is -0.148. The number of sulfonamides is 1. The van der Waals surface area contributed by atoms with Crippen LogP contribution in [0.15, 0.2) is 48.8 Å². The van der Waals surface area contributed by atoms with E-state index in [0.717, 1.165) is 12.1 Å². The maximum Gasteiger partial charge on any atom is 0.232 e. The number of hydrogen-bond acceptors (Lipinski definition) is 4. The van der Waals surface area contributed by atoms with Gasteiger partial charge in [0.05, 0.1) is 27.6 Å². The predicted octanol–water partition coefficient (Wildman–Crippen LogP) is 6.20. The first-order valence-electron chi connectivity index (χ1n) is 10.1. The van der Waals surface area contributed by atoms with Crippen molar-refractivity contribution in [2.24, 2.45) is 0 Å². The van der Waals surface area contributed by atoms with E-state index in [2.05, 4.69) is 14.7 Å². The molecule has 0 atom stereocenters. The largest absolute Gasteiger partial charge is 0.345 e. The van der Waals surface area contributed by atoms with Crippen molar-refractivity contribution in [1.82, 2.24) is 9.97 Å². The van der Waals surface area contributed by atoms with Crippen molar-refractivity contribution in [2.75, 3.05) is 10.5 Å². The molecule has 0 aliphatic carbocycles. The van der Waals surface area contributed by atoms with Crippen molar-refractivity contribution in [3.63, 3.8) is 0 Å². The van der Waals surface area contributed by atoms with Crippen LogP contribution in [0.5, 0.6) is 0 Å². The number of nitrogens with zero attached hydrogens (tertiary/aromatic N) is 1. The van der Waals surface area contributed by atoms with Crippen molar-refractivity contribution in [1.29, 1.82) is 0 Å². The number of hydrogen-bond donors (Lipinski definition) is 2. The Labute approximate surface area is 204 Å². The average Bonchev–Trinajstić information content (AvgIpc) is 3.22. The molecule has 0 spiro atoms. The lowest BCUT2D eigenvalue weighted by atomic mass is 9.99. The molecule has 0 fully saturated rings. The standard InChI is InChI=1S/C23H17Cl2F2N3O3S/c1-2-9-34(32,33)30-17-8-7-16(26)19(21(17)27)22(31)15-11-29-23-18(15)20(25)14(10-28-23)12-3-5-13(24)6-4-12/h3-8,10-11,30H,2,9H2,1H3,(H,28,29). The predicted molar refractivity (Wildman–Crippen MR) is 129 cm³/mol. The molecule has 0 amide bonds. The number of carbonyl (C=O) groups is 1. The molecule has 34 heavy (non-hydrogen) atoms. The first-order valence-corrected chi connectivity index (χ1v) is 12.5. The molecule has 2 aromatic heterocycles. The van der Waals surface area contributed by atoms with Crippen LogP contribution in [0, 0.1) is 11.6 Å². The molecule has 4 rings (SSSR count). The number of aromatic nitrogens is 2. The van der Waals surface area contributed by atoms with Gasteiger partial charge in [0.25, 0.3) is 0 Å². The summed E-state index contributed by atoms with van der Waals surface area (Å²) in [6.45, 7) is 1.64. The topological polar surface area (TPSA) is 91.9 Å². The summed E-state index contributed by atoms with van der Waals surface area (Å²) in [6, 6.07) is 8.52. The summed E-state index contributed by atoms with van der Waals surface area (Å²) >= 11 is 12.5. The SMILES string of the molecule is CCCS(=O)(=O)Nc1ccc(F)c(C(=O)c2c[nH]c3ncc(-c4ccc(Cl)cc4)c(Cl)c23)c1F. The van der Waals surface area contributed by atoms with Gasteiger partial charge in [-0.1, -0.05) is 42.3 Å². The summed E-state index contributed by atoms with van der Waals surface area (Å²) in [7, 11) is -3.87. The Morgan fingerprint density at radius 2 is 1.82 bits per heavy atom. The first-order chi connectivity index (χ1) is 16.1. The molecular formula is C23H17Cl2F2N3O3S. The van der Waals surface area contributed by atoms with Gasteiger partial charge in [0.15, 0.2) is 5.82 Å². The number of carbonyl (C=O) groups excluding carboxylic acids is 1. The molecule has 0 saturated carbocycles. The van der Waals surface area contributed by atoms with Gasteiger partial charge in [-0.3, -0.25) is 9.52 Å². The van der Waals surface area contributed by atoms with Crippen molar-refractivity contribution >= 4 is 55.7 Å². The van der Waals surface area contributed by atoms with Gasteiger partial charge in [0.1, 0.15) is 11.5 Å². The van der Waals surface area contributed by atoms with Gasteiger partial charge in [0.2, 0.25) is 15.8 Å². The van der Waals surface area contributed by atoms with Crippen LogP contribution in [-0.4, -0.2) is 29.9 Å². The van der Waals surface area contributed by atoms with E-state index < -0.39 is 38.7 Å². The fourth-order valence-electron chi connectivity index (χ4n) is 3.53. The maximum absolute atomic E-state index is 15.2. The maximum atomic E-state index is 15.2. The number of aromatic amines is 1. The van der Waals surface area contributed by atoms with Gasteiger partial charge in [-0.15, -0.1) is 0 Å². The van der Waals surface area contributed by atoms with Crippen LogP contribution >= 0.6 is 23.2 Å². The van der Waals surface area contributed by atoms with Crippen molar-refractivity contribution in [2.45, 2.75) is 13.3 Å².